The second-order valence-corrected chi connectivity index (χ2v) is 6.02. The number of aryl methyl sites for hydroxylation is 1. The van der Waals surface area contributed by atoms with Crippen LogP contribution in [-0.4, -0.2) is 18.9 Å². The summed E-state index contributed by atoms with van der Waals surface area (Å²) < 4.78 is 0. The molecule has 1 aromatic carbocycles. The molecule has 22 heavy (non-hydrogen) atoms. The topological polar surface area (TPSA) is 58.2 Å². The van der Waals surface area contributed by atoms with Gasteiger partial charge < -0.3 is 10.6 Å². The number of rotatable bonds is 4. The Hall–Kier alpha value is -2.40. The van der Waals surface area contributed by atoms with Crippen molar-refractivity contribution in [3.8, 4) is 0 Å². The zero-order chi connectivity index (χ0) is 16.1. The summed E-state index contributed by atoms with van der Waals surface area (Å²) in [6.45, 7) is 3.81. The van der Waals surface area contributed by atoms with Gasteiger partial charge in [0.1, 0.15) is 5.00 Å². The summed E-state index contributed by atoms with van der Waals surface area (Å²) in [4.78, 5) is 25.0. The molecule has 0 spiro atoms. The molecule has 1 heterocycles. The molecule has 0 aliphatic carbocycles. The average Bonchev–Trinajstić information content (AvgIpc) is 2.80. The molecule has 0 bridgehead atoms. The maximum absolute atomic E-state index is 12.0. The first-order valence-corrected chi connectivity index (χ1v) is 7.70. The Labute approximate surface area is 133 Å². The molecule has 0 atom stereocenters. The lowest BCUT2D eigenvalue weighted by Gasteiger charge is -2.04. The average molecular weight is 314 g/mol. The van der Waals surface area contributed by atoms with Gasteiger partial charge in [-0.1, -0.05) is 30.3 Å². The van der Waals surface area contributed by atoms with Crippen LogP contribution in [0.4, 0.5) is 5.00 Å². The van der Waals surface area contributed by atoms with Gasteiger partial charge in [-0.05, 0) is 31.1 Å². The third kappa shape index (κ3) is 3.62. The van der Waals surface area contributed by atoms with Crippen molar-refractivity contribution in [2.24, 2.45) is 0 Å². The highest BCUT2D eigenvalue weighted by atomic mass is 32.1. The second-order valence-electron chi connectivity index (χ2n) is 4.80. The predicted octanol–water partition coefficient (Wildman–Crippen LogP) is 3.38. The van der Waals surface area contributed by atoms with E-state index >= 15 is 0 Å². The van der Waals surface area contributed by atoms with Crippen LogP contribution in [-0.2, 0) is 4.79 Å². The Bertz CT molecular complexity index is 718. The summed E-state index contributed by atoms with van der Waals surface area (Å²) >= 11 is 1.41. The van der Waals surface area contributed by atoms with Crippen LogP contribution in [0.1, 0.15) is 26.4 Å². The van der Waals surface area contributed by atoms with Crippen molar-refractivity contribution in [1.82, 2.24) is 5.32 Å². The van der Waals surface area contributed by atoms with Crippen molar-refractivity contribution >= 4 is 34.2 Å². The maximum atomic E-state index is 12.0. The minimum atomic E-state index is -0.254. The predicted molar refractivity (Wildman–Crippen MR) is 91.3 cm³/mol. The van der Waals surface area contributed by atoms with Crippen LogP contribution in [0.25, 0.3) is 6.08 Å². The fourth-order valence-corrected chi connectivity index (χ4v) is 3.06. The Morgan fingerprint density at radius 2 is 1.82 bits per heavy atom. The first kappa shape index (κ1) is 16.0. The van der Waals surface area contributed by atoms with Gasteiger partial charge in [-0.25, -0.2) is 0 Å². The van der Waals surface area contributed by atoms with Gasteiger partial charge in [0, 0.05) is 18.0 Å². The van der Waals surface area contributed by atoms with Crippen LogP contribution >= 0.6 is 11.3 Å². The molecule has 0 fully saturated rings. The molecular weight excluding hydrogens is 296 g/mol. The number of thiophene rings is 1. The van der Waals surface area contributed by atoms with Crippen LogP contribution in [0.15, 0.2) is 36.4 Å². The molecule has 5 heteroatoms. The standard InChI is InChI=1S/C17H18N2O2S/c1-11-12(2)22-17(15(11)16(21)18-3)19-14(20)10-9-13-7-5-4-6-8-13/h4-10H,1-3H3,(H,18,21)(H,19,20)/b10-9+. The Balaban J connectivity index is 2.17. The fraction of sp³-hybridized carbons (Fsp3) is 0.176. The molecule has 114 valence electrons. The van der Waals surface area contributed by atoms with E-state index in [1.807, 2.05) is 44.2 Å². The molecule has 2 aromatic rings. The van der Waals surface area contributed by atoms with E-state index < -0.39 is 0 Å². The van der Waals surface area contributed by atoms with Gasteiger partial charge in [0.05, 0.1) is 5.56 Å². The van der Waals surface area contributed by atoms with Gasteiger partial charge in [-0.15, -0.1) is 11.3 Å². The van der Waals surface area contributed by atoms with Gasteiger partial charge in [0.2, 0.25) is 5.91 Å². The number of hydrogen-bond acceptors (Lipinski definition) is 3. The van der Waals surface area contributed by atoms with E-state index in [9.17, 15) is 9.59 Å². The number of carbonyl (C=O) groups excluding carboxylic acids is 2. The van der Waals surface area contributed by atoms with Crippen molar-refractivity contribution in [1.29, 1.82) is 0 Å². The molecule has 0 unspecified atom stereocenters. The fourth-order valence-electron chi connectivity index (χ4n) is 2.00. The Morgan fingerprint density at radius 3 is 2.45 bits per heavy atom. The van der Waals surface area contributed by atoms with Crippen LogP contribution < -0.4 is 10.6 Å². The molecule has 2 amide bonds. The zero-order valence-electron chi connectivity index (χ0n) is 12.8. The summed E-state index contributed by atoms with van der Waals surface area (Å²) in [5, 5.41) is 5.98. The summed E-state index contributed by atoms with van der Waals surface area (Å²) in [5.74, 6) is -0.445. The molecule has 2 N–H and O–H groups in total. The molecule has 0 radical (unpaired) electrons. The van der Waals surface area contributed by atoms with E-state index in [1.54, 1.807) is 13.1 Å². The quantitative estimate of drug-likeness (QED) is 0.850. The zero-order valence-corrected chi connectivity index (χ0v) is 13.6. The van der Waals surface area contributed by atoms with Crippen molar-refractivity contribution in [3.63, 3.8) is 0 Å². The Morgan fingerprint density at radius 1 is 1.14 bits per heavy atom. The maximum Gasteiger partial charge on any atom is 0.254 e. The molecule has 1 aromatic heterocycles. The summed E-state index contributed by atoms with van der Waals surface area (Å²) in [5.41, 5.74) is 2.38. The number of nitrogens with one attached hydrogen (secondary N) is 2. The Kier molecular flexibility index (Phi) is 5.12. The third-order valence-corrected chi connectivity index (χ3v) is 4.43. The van der Waals surface area contributed by atoms with Crippen molar-refractivity contribution in [2.75, 3.05) is 12.4 Å². The minimum absolute atomic E-state index is 0.191. The first-order valence-electron chi connectivity index (χ1n) is 6.89. The first-order chi connectivity index (χ1) is 10.5. The highest BCUT2D eigenvalue weighted by Crippen LogP contribution is 2.32. The van der Waals surface area contributed by atoms with Crippen molar-refractivity contribution < 1.29 is 9.59 Å². The van der Waals surface area contributed by atoms with Crippen LogP contribution in [0.3, 0.4) is 0 Å². The minimum Gasteiger partial charge on any atom is -0.355 e. The third-order valence-electron chi connectivity index (χ3n) is 3.30. The number of amides is 2. The van der Waals surface area contributed by atoms with Crippen molar-refractivity contribution in [3.05, 3.63) is 58.0 Å². The monoisotopic (exact) mass is 314 g/mol. The van der Waals surface area contributed by atoms with Crippen LogP contribution in [0, 0.1) is 13.8 Å². The van der Waals surface area contributed by atoms with E-state index in [4.69, 9.17) is 0 Å². The lowest BCUT2D eigenvalue weighted by molar-refractivity contribution is -0.111. The smallest absolute Gasteiger partial charge is 0.254 e. The highest BCUT2D eigenvalue weighted by Gasteiger charge is 2.19. The molecule has 2 rings (SSSR count). The number of carbonyl (C=O) groups is 2. The normalized spacial score (nSPS) is 10.7. The lowest BCUT2D eigenvalue weighted by atomic mass is 10.1. The molecule has 4 nitrogen and oxygen atoms in total. The summed E-state index contributed by atoms with van der Waals surface area (Å²) in [6.07, 6.45) is 3.20. The molecule has 0 aliphatic rings. The SMILES string of the molecule is CNC(=O)c1c(NC(=O)/C=C/c2ccccc2)sc(C)c1C. The van der Waals surface area contributed by atoms with Crippen LogP contribution in [0.5, 0.6) is 0 Å². The molecule has 0 aliphatic heterocycles. The number of anilines is 1. The molecule has 0 saturated heterocycles. The number of benzene rings is 1. The van der Waals surface area contributed by atoms with E-state index in [0.717, 1.165) is 16.0 Å². The van der Waals surface area contributed by atoms with Gasteiger partial charge in [0.15, 0.2) is 0 Å². The van der Waals surface area contributed by atoms with E-state index in [-0.39, 0.29) is 11.8 Å². The molecule has 0 saturated carbocycles. The summed E-state index contributed by atoms with van der Waals surface area (Å²) in [6, 6.07) is 9.57. The summed E-state index contributed by atoms with van der Waals surface area (Å²) in [7, 11) is 1.58. The van der Waals surface area contributed by atoms with E-state index in [0.29, 0.717) is 10.6 Å². The van der Waals surface area contributed by atoms with Gasteiger partial charge >= 0.3 is 0 Å². The lowest BCUT2D eigenvalue weighted by Crippen LogP contribution is -2.20. The van der Waals surface area contributed by atoms with Crippen molar-refractivity contribution in [2.45, 2.75) is 13.8 Å². The van der Waals surface area contributed by atoms with E-state index in [2.05, 4.69) is 10.6 Å². The van der Waals surface area contributed by atoms with Gasteiger partial charge in [0.25, 0.3) is 5.91 Å². The van der Waals surface area contributed by atoms with E-state index in [1.165, 1.54) is 17.4 Å². The second kappa shape index (κ2) is 7.04. The highest BCUT2D eigenvalue weighted by molar-refractivity contribution is 7.16. The van der Waals surface area contributed by atoms with Gasteiger partial charge in [-0.2, -0.15) is 0 Å². The van der Waals surface area contributed by atoms with Gasteiger partial charge in [-0.3, -0.25) is 9.59 Å². The molecular formula is C17H18N2O2S. The largest absolute Gasteiger partial charge is 0.355 e. The number of hydrogen-bond donors (Lipinski definition) is 2. The van der Waals surface area contributed by atoms with Crippen LogP contribution in [0.2, 0.25) is 0 Å².